The lowest BCUT2D eigenvalue weighted by atomic mass is 9.51. The van der Waals surface area contributed by atoms with Crippen molar-refractivity contribution in [2.24, 2.45) is 17.1 Å². The zero-order chi connectivity index (χ0) is 19.4. The Morgan fingerprint density at radius 2 is 1.93 bits per heavy atom. The molecule has 132 valence electrons. The highest BCUT2D eigenvalue weighted by atomic mass is 16.2. The molecule has 4 rings (SSSR count). The molecule has 6 nitrogen and oxygen atoms in total. The van der Waals surface area contributed by atoms with Crippen LogP contribution in [-0.4, -0.2) is 13.0 Å². The van der Waals surface area contributed by atoms with E-state index in [1.165, 1.54) is 0 Å². The normalized spacial score (nSPS) is 27.9. The number of carbonyl (C=O) groups is 1. The van der Waals surface area contributed by atoms with Crippen molar-refractivity contribution < 1.29 is 4.79 Å². The summed E-state index contributed by atoms with van der Waals surface area (Å²) in [7, 11) is 1.68. The summed E-state index contributed by atoms with van der Waals surface area (Å²) >= 11 is 0. The number of para-hydroxylation sites is 1. The van der Waals surface area contributed by atoms with Gasteiger partial charge in [0, 0.05) is 18.7 Å². The summed E-state index contributed by atoms with van der Waals surface area (Å²) < 4.78 is 0. The first kappa shape index (κ1) is 16.9. The van der Waals surface area contributed by atoms with Crippen LogP contribution in [0, 0.1) is 45.3 Å². The number of carbonyl (C=O) groups excluding carboxylic acids is 1. The van der Waals surface area contributed by atoms with Gasteiger partial charge < -0.3 is 10.6 Å². The molecule has 0 bridgehead atoms. The quantitative estimate of drug-likeness (QED) is 0.717. The zero-order valence-corrected chi connectivity index (χ0v) is 14.9. The molecule has 1 spiro atoms. The minimum absolute atomic E-state index is 0.0384. The SMILES string of the molecule is CN1C(=O)C2(C(C#N)=C(N)C(C#N)(C#N)C3=CCCCC32)c2ccccc21. The van der Waals surface area contributed by atoms with Gasteiger partial charge in [-0.25, -0.2) is 0 Å². The monoisotopic (exact) mass is 355 g/mol. The molecule has 1 aliphatic heterocycles. The average molecular weight is 355 g/mol. The number of benzene rings is 1. The van der Waals surface area contributed by atoms with E-state index in [-0.39, 0.29) is 17.2 Å². The Morgan fingerprint density at radius 3 is 2.59 bits per heavy atom. The maximum Gasteiger partial charge on any atom is 0.243 e. The lowest BCUT2D eigenvalue weighted by molar-refractivity contribution is -0.123. The number of nitrogens with zero attached hydrogens (tertiary/aromatic N) is 4. The number of nitriles is 3. The summed E-state index contributed by atoms with van der Waals surface area (Å²) in [5.41, 5.74) is 5.29. The molecule has 0 fully saturated rings. The summed E-state index contributed by atoms with van der Waals surface area (Å²) in [4.78, 5) is 15.1. The Hall–Kier alpha value is -3.56. The van der Waals surface area contributed by atoms with Crippen molar-refractivity contribution in [1.29, 1.82) is 15.8 Å². The number of hydrogen-bond acceptors (Lipinski definition) is 5. The molecule has 0 saturated heterocycles. The molecule has 2 aliphatic carbocycles. The van der Waals surface area contributed by atoms with E-state index in [2.05, 4.69) is 6.07 Å². The average Bonchev–Trinajstić information content (AvgIpc) is 2.93. The van der Waals surface area contributed by atoms with Crippen LogP contribution in [0.25, 0.3) is 0 Å². The number of likely N-dealkylation sites (N-methyl/N-ethyl adjacent to an activating group) is 1. The molecule has 3 aliphatic rings. The Labute approximate surface area is 157 Å². The predicted molar refractivity (Wildman–Crippen MR) is 97.4 cm³/mol. The molecule has 0 saturated carbocycles. The van der Waals surface area contributed by atoms with Crippen LogP contribution in [0.15, 0.2) is 47.2 Å². The van der Waals surface area contributed by atoms with Gasteiger partial charge in [0.25, 0.3) is 0 Å². The van der Waals surface area contributed by atoms with Crippen molar-refractivity contribution in [1.82, 2.24) is 0 Å². The molecule has 2 N–H and O–H groups in total. The number of rotatable bonds is 0. The van der Waals surface area contributed by atoms with E-state index in [1.54, 1.807) is 11.9 Å². The Balaban J connectivity index is 2.19. The van der Waals surface area contributed by atoms with Gasteiger partial charge in [0.05, 0.1) is 29.5 Å². The first-order valence-electron chi connectivity index (χ1n) is 8.82. The molecule has 6 heteroatoms. The minimum Gasteiger partial charge on any atom is -0.399 e. The Morgan fingerprint density at radius 1 is 1.22 bits per heavy atom. The van der Waals surface area contributed by atoms with Crippen LogP contribution < -0.4 is 10.6 Å². The second-order valence-corrected chi connectivity index (χ2v) is 7.21. The van der Waals surface area contributed by atoms with Gasteiger partial charge in [-0.05, 0) is 36.5 Å². The van der Waals surface area contributed by atoms with E-state index < -0.39 is 16.7 Å². The third-order valence-electron chi connectivity index (χ3n) is 6.24. The summed E-state index contributed by atoms with van der Waals surface area (Å²) in [6, 6.07) is 13.6. The van der Waals surface area contributed by atoms with Gasteiger partial charge in [0.1, 0.15) is 5.41 Å². The van der Waals surface area contributed by atoms with Gasteiger partial charge in [-0.1, -0.05) is 24.3 Å². The molecule has 2 unspecified atom stereocenters. The van der Waals surface area contributed by atoms with Gasteiger partial charge in [0.15, 0.2) is 0 Å². The van der Waals surface area contributed by atoms with Gasteiger partial charge in [0.2, 0.25) is 11.3 Å². The zero-order valence-electron chi connectivity index (χ0n) is 14.9. The second-order valence-electron chi connectivity index (χ2n) is 7.21. The fraction of sp³-hybridized carbons (Fsp3) is 0.333. The van der Waals surface area contributed by atoms with Crippen molar-refractivity contribution in [3.63, 3.8) is 0 Å². The lowest BCUT2D eigenvalue weighted by Gasteiger charge is -2.47. The van der Waals surface area contributed by atoms with Crippen molar-refractivity contribution in [2.75, 3.05) is 11.9 Å². The standard InChI is InChI=1S/C21H17N5O/c1-26-17-9-5-4-8-15(17)21(19(26)27)14-7-3-2-6-13(14)20(11-23,12-24)18(25)16(21)10-22/h4-6,8-9,14H,2-3,7,25H2,1H3. The highest BCUT2D eigenvalue weighted by Gasteiger charge is 2.65. The van der Waals surface area contributed by atoms with Crippen molar-refractivity contribution in [2.45, 2.75) is 24.7 Å². The molecule has 1 aromatic carbocycles. The molecule has 27 heavy (non-hydrogen) atoms. The van der Waals surface area contributed by atoms with Crippen LogP contribution in [-0.2, 0) is 10.2 Å². The highest BCUT2D eigenvalue weighted by Crippen LogP contribution is 2.61. The Bertz CT molecular complexity index is 1050. The second kappa shape index (κ2) is 5.47. The van der Waals surface area contributed by atoms with Crippen LogP contribution >= 0.6 is 0 Å². The molecular weight excluding hydrogens is 338 g/mol. The molecule has 1 aromatic rings. The molecular formula is C21H17N5O. The lowest BCUT2D eigenvalue weighted by Crippen LogP contribution is -2.54. The molecule has 0 radical (unpaired) electrons. The van der Waals surface area contributed by atoms with Crippen molar-refractivity contribution in [3.8, 4) is 18.2 Å². The number of amides is 1. The van der Waals surface area contributed by atoms with Crippen LogP contribution in [0.5, 0.6) is 0 Å². The molecule has 0 aromatic heterocycles. The predicted octanol–water partition coefficient (Wildman–Crippen LogP) is 2.41. The number of hydrogen-bond donors (Lipinski definition) is 1. The summed E-state index contributed by atoms with van der Waals surface area (Å²) in [6.45, 7) is 0. The largest absolute Gasteiger partial charge is 0.399 e. The number of nitrogens with two attached hydrogens (primary N) is 1. The van der Waals surface area contributed by atoms with Gasteiger partial charge in [-0.15, -0.1) is 0 Å². The van der Waals surface area contributed by atoms with E-state index >= 15 is 0 Å². The van der Waals surface area contributed by atoms with Gasteiger partial charge in [-0.2, -0.15) is 15.8 Å². The van der Waals surface area contributed by atoms with E-state index in [4.69, 9.17) is 5.73 Å². The summed E-state index contributed by atoms with van der Waals surface area (Å²) in [5.74, 6) is -0.670. The van der Waals surface area contributed by atoms with Gasteiger partial charge >= 0.3 is 0 Å². The fourth-order valence-corrected chi connectivity index (χ4v) is 5.06. The highest BCUT2D eigenvalue weighted by molar-refractivity contribution is 6.11. The Kier molecular flexibility index (Phi) is 3.42. The number of anilines is 1. The topological polar surface area (TPSA) is 118 Å². The van der Waals surface area contributed by atoms with Crippen LogP contribution in [0.4, 0.5) is 5.69 Å². The van der Waals surface area contributed by atoms with Crippen LogP contribution in [0.3, 0.4) is 0 Å². The number of allylic oxidation sites excluding steroid dienone is 2. The van der Waals surface area contributed by atoms with Crippen molar-refractivity contribution in [3.05, 3.63) is 52.7 Å². The maximum absolute atomic E-state index is 13.6. The fourth-order valence-electron chi connectivity index (χ4n) is 5.06. The molecule has 1 amide bonds. The summed E-state index contributed by atoms with van der Waals surface area (Å²) in [5, 5.41) is 29.8. The third kappa shape index (κ3) is 1.69. The van der Waals surface area contributed by atoms with E-state index in [9.17, 15) is 20.6 Å². The summed E-state index contributed by atoms with van der Waals surface area (Å²) in [6.07, 6.45) is 4.02. The molecule has 1 heterocycles. The van der Waals surface area contributed by atoms with E-state index in [1.807, 2.05) is 42.5 Å². The molecule has 2 atom stereocenters. The first-order chi connectivity index (χ1) is 13.0. The van der Waals surface area contributed by atoms with Crippen molar-refractivity contribution >= 4 is 11.6 Å². The van der Waals surface area contributed by atoms with E-state index in [0.717, 1.165) is 17.7 Å². The van der Waals surface area contributed by atoms with Crippen LogP contribution in [0.2, 0.25) is 0 Å². The van der Waals surface area contributed by atoms with E-state index in [0.29, 0.717) is 18.4 Å². The maximum atomic E-state index is 13.6. The first-order valence-corrected chi connectivity index (χ1v) is 8.82. The smallest absolute Gasteiger partial charge is 0.243 e. The van der Waals surface area contributed by atoms with Crippen LogP contribution in [0.1, 0.15) is 24.8 Å². The third-order valence-corrected chi connectivity index (χ3v) is 6.24. The van der Waals surface area contributed by atoms with Gasteiger partial charge in [-0.3, -0.25) is 4.79 Å². The minimum atomic E-state index is -1.70. The number of fused-ring (bicyclic) bond motifs is 4.